The SMILES string of the molecule is CC/C=C\C/C=C\C/C=C\C/C=C\C/C=C\C/C=C\C/C=C\CCCC(=O)OC(CCC/C=C\CCCCCCCC)CCCCCCCC(=O)NC(CCCN)C(=O)O. The van der Waals surface area contributed by atoms with E-state index in [2.05, 4.69) is 116 Å². The molecule has 1 amide bonds. The number of rotatable bonds is 42. The van der Waals surface area contributed by atoms with Crippen LogP contribution < -0.4 is 11.1 Å². The number of esters is 1. The molecule has 2 unspecified atom stereocenters. The number of aliphatic carboxylic acids is 1. The van der Waals surface area contributed by atoms with Crippen LogP contribution >= 0.6 is 0 Å². The fourth-order valence-electron chi connectivity index (χ4n) is 6.56. The highest BCUT2D eigenvalue weighted by atomic mass is 16.5. The Morgan fingerprint density at radius 1 is 0.500 bits per heavy atom. The summed E-state index contributed by atoms with van der Waals surface area (Å²) >= 11 is 0. The molecule has 340 valence electrons. The Labute approximate surface area is 367 Å². The number of nitrogens with one attached hydrogen (secondary N) is 1. The van der Waals surface area contributed by atoms with Gasteiger partial charge in [0, 0.05) is 12.8 Å². The smallest absolute Gasteiger partial charge is 0.326 e. The quantitative estimate of drug-likeness (QED) is 0.0320. The lowest BCUT2D eigenvalue weighted by molar-refractivity contribution is -0.150. The molecule has 0 aromatic rings. The van der Waals surface area contributed by atoms with E-state index in [0.29, 0.717) is 32.2 Å². The van der Waals surface area contributed by atoms with E-state index in [0.717, 1.165) is 122 Å². The summed E-state index contributed by atoms with van der Waals surface area (Å²) in [4.78, 5) is 36.4. The summed E-state index contributed by atoms with van der Waals surface area (Å²) in [5.41, 5.74) is 5.49. The predicted octanol–water partition coefficient (Wildman–Crippen LogP) is 14.2. The largest absolute Gasteiger partial charge is 0.480 e. The zero-order valence-electron chi connectivity index (χ0n) is 38.3. The number of carbonyl (C=O) groups excluding carboxylic acids is 2. The molecule has 0 rings (SSSR count). The van der Waals surface area contributed by atoms with E-state index in [1.165, 1.54) is 38.5 Å². The average molecular weight is 833 g/mol. The lowest BCUT2D eigenvalue weighted by Crippen LogP contribution is -2.40. The first-order valence-electron chi connectivity index (χ1n) is 24.1. The summed E-state index contributed by atoms with van der Waals surface area (Å²) in [5.74, 6) is -1.32. The molecular weight excluding hydrogens is 745 g/mol. The summed E-state index contributed by atoms with van der Waals surface area (Å²) in [6.45, 7) is 4.81. The van der Waals surface area contributed by atoms with Crippen LogP contribution in [0.4, 0.5) is 0 Å². The summed E-state index contributed by atoms with van der Waals surface area (Å²) in [5, 5.41) is 11.9. The van der Waals surface area contributed by atoms with Crippen molar-refractivity contribution in [2.24, 2.45) is 5.73 Å². The number of ether oxygens (including phenoxy) is 1. The van der Waals surface area contributed by atoms with E-state index in [-0.39, 0.29) is 18.0 Å². The summed E-state index contributed by atoms with van der Waals surface area (Å²) in [6.07, 6.45) is 63.2. The molecule has 0 aliphatic heterocycles. The van der Waals surface area contributed by atoms with E-state index < -0.39 is 12.0 Å². The van der Waals surface area contributed by atoms with Gasteiger partial charge in [-0.25, -0.2) is 4.79 Å². The third-order valence-corrected chi connectivity index (χ3v) is 10.1. The van der Waals surface area contributed by atoms with Crippen LogP contribution in [0.25, 0.3) is 0 Å². The second-order valence-corrected chi connectivity index (χ2v) is 15.8. The third kappa shape index (κ3) is 42.4. The zero-order chi connectivity index (χ0) is 43.8. The molecule has 2 atom stereocenters. The Hall–Kier alpha value is -3.71. The Morgan fingerprint density at radius 2 is 0.950 bits per heavy atom. The second kappa shape index (κ2) is 46.4. The Balaban J connectivity index is 4.41. The van der Waals surface area contributed by atoms with Gasteiger partial charge < -0.3 is 20.9 Å². The Kier molecular flexibility index (Phi) is 43.5. The van der Waals surface area contributed by atoms with Crippen LogP contribution in [0.15, 0.2) is 97.2 Å². The fourth-order valence-corrected chi connectivity index (χ4v) is 6.56. The summed E-state index contributed by atoms with van der Waals surface area (Å²) < 4.78 is 6.01. The highest BCUT2D eigenvalue weighted by molar-refractivity contribution is 5.83. The van der Waals surface area contributed by atoms with Crippen LogP contribution in [0.2, 0.25) is 0 Å². The van der Waals surface area contributed by atoms with Crippen molar-refractivity contribution in [3.63, 3.8) is 0 Å². The maximum Gasteiger partial charge on any atom is 0.326 e. The number of hydrogen-bond donors (Lipinski definition) is 3. The van der Waals surface area contributed by atoms with Crippen LogP contribution in [0.1, 0.15) is 200 Å². The molecule has 0 aromatic carbocycles. The van der Waals surface area contributed by atoms with Crippen LogP contribution in [-0.4, -0.2) is 41.6 Å². The Bertz CT molecular complexity index is 1260. The van der Waals surface area contributed by atoms with Crippen molar-refractivity contribution < 1.29 is 24.2 Å². The monoisotopic (exact) mass is 833 g/mol. The van der Waals surface area contributed by atoms with Crippen molar-refractivity contribution in [3.8, 4) is 0 Å². The van der Waals surface area contributed by atoms with Crippen LogP contribution in [-0.2, 0) is 19.1 Å². The van der Waals surface area contributed by atoms with Crippen molar-refractivity contribution in [1.29, 1.82) is 0 Å². The highest BCUT2D eigenvalue weighted by Crippen LogP contribution is 2.17. The van der Waals surface area contributed by atoms with Crippen molar-refractivity contribution in [2.75, 3.05) is 6.54 Å². The van der Waals surface area contributed by atoms with Crippen molar-refractivity contribution in [1.82, 2.24) is 5.32 Å². The number of carboxylic acids is 1. The lowest BCUT2D eigenvalue weighted by Gasteiger charge is -2.18. The topological polar surface area (TPSA) is 119 Å². The number of unbranched alkanes of at least 4 members (excludes halogenated alkanes) is 12. The summed E-state index contributed by atoms with van der Waals surface area (Å²) in [6, 6.07) is -0.869. The minimum absolute atomic E-state index is 0.0552. The van der Waals surface area contributed by atoms with Gasteiger partial charge in [-0.2, -0.15) is 0 Å². The molecule has 4 N–H and O–H groups in total. The van der Waals surface area contributed by atoms with Gasteiger partial charge in [-0.05, 0) is 129 Å². The maximum atomic E-state index is 12.8. The molecular formula is C53H88N2O5. The van der Waals surface area contributed by atoms with Crippen LogP contribution in [0.3, 0.4) is 0 Å². The first kappa shape index (κ1) is 56.3. The number of carbonyl (C=O) groups is 3. The molecule has 7 heteroatoms. The van der Waals surface area contributed by atoms with Gasteiger partial charge in [0.15, 0.2) is 0 Å². The minimum atomic E-state index is -1.01. The zero-order valence-corrected chi connectivity index (χ0v) is 38.3. The standard InChI is InChI=1S/C53H88N2O5/c1-3-5-7-9-11-13-15-16-17-18-19-20-21-22-23-24-25-26-28-30-32-37-41-47-52(57)60-49(43-38-34-31-29-27-14-12-10-8-6-4-2)44-39-35-33-36-40-46-51(56)55-50(53(58)59)45-42-48-54/h5,7,11,13,16-17,19-20,22-23,25-26,29-32,49-50H,3-4,6,8-10,12,14-15,18,21,24,27-28,33-48,54H2,1-2H3,(H,55,56)(H,58,59)/b7-5-,13-11-,17-16-,20-19-,23-22-,26-25-,31-29-,32-30-. The first-order chi connectivity index (χ1) is 29.4. The first-order valence-corrected chi connectivity index (χ1v) is 24.1. The third-order valence-electron chi connectivity index (χ3n) is 10.1. The normalized spacial score (nSPS) is 13.5. The van der Waals surface area contributed by atoms with E-state index >= 15 is 0 Å². The molecule has 0 spiro atoms. The molecule has 0 radical (unpaired) electrons. The van der Waals surface area contributed by atoms with Gasteiger partial charge in [0.2, 0.25) is 5.91 Å². The van der Waals surface area contributed by atoms with Gasteiger partial charge in [-0.15, -0.1) is 0 Å². The van der Waals surface area contributed by atoms with Gasteiger partial charge in [0.05, 0.1) is 0 Å². The number of carboxylic acid groups (broad SMARTS) is 1. The van der Waals surface area contributed by atoms with Gasteiger partial charge in [-0.1, -0.05) is 162 Å². The van der Waals surface area contributed by atoms with Crippen molar-refractivity contribution in [3.05, 3.63) is 97.2 Å². The predicted molar refractivity (Wildman–Crippen MR) is 257 cm³/mol. The molecule has 0 saturated heterocycles. The highest BCUT2D eigenvalue weighted by Gasteiger charge is 2.19. The number of allylic oxidation sites excluding steroid dienone is 16. The van der Waals surface area contributed by atoms with Crippen LogP contribution in [0, 0.1) is 0 Å². The Morgan fingerprint density at radius 3 is 1.50 bits per heavy atom. The molecule has 0 aromatic heterocycles. The van der Waals surface area contributed by atoms with Gasteiger partial charge in [-0.3, -0.25) is 9.59 Å². The van der Waals surface area contributed by atoms with Crippen molar-refractivity contribution in [2.45, 2.75) is 212 Å². The van der Waals surface area contributed by atoms with Gasteiger partial charge in [0.25, 0.3) is 0 Å². The average Bonchev–Trinajstić information content (AvgIpc) is 3.23. The summed E-state index contributed by atoms with van der Waals surface area (Å²) in [7, 11) is 0. The molecule has 0 aliphatic rings. The number of hydrogen-bond acceptors (Lipinski definition) is 5. The van der Waals surface area contributed by atoms with Crippen LogP contribution in [0.5, 0.6) is 0 Å². The number of amides is 1. The van der Waals surface area contributed by atoms with E-state index in [1.54, 1.807) is 0 Å². The van der Waals surface area contributed by atoms with E-state index in [1.807, 2.05) is 0 Å². The molecule has 0 aliphatic carbocycles. The van der Waals surface area contributed by atoms with Gasteiger partial charge >= 0.3 is 11.9 Å². The lowest BCUT2D eigenvalue weighted by atomic mass is 10.0. The van der Waals surface area contributed by atoms with E-state index in [9.17, 15) is 19.5 Å². The second-order valence-electron chi connectivity index (χ2n) is 15.8. The molecule has 0 saturated carbocycles. The molecule has 0 bridgehead atoms. The van der Waals surface area contributed by atoms with E-state index in [4.69, 9.17) is 10.5 Å². The number of nitrogens with two attached hydrogens (primary N) is 1. The molecule has 0 heterocycles. The maximum absolute atomic E-state index is 12.8. The molecule has 7 nitrogen and oxygen atoms in total. The fraction of sp³-hybridized carbons (Fsp3) is 0.642. The van der Waals surface area contributed by atoms with Gasteiger partial charge in [0.1, 0.15) is 12.1 Å². The minimum Gasteiger partial charge on any atom is -0.480 e. The molecule has 60 heavy (non-hydrogen) atoms. The van der Waals surface area contributed by atoms with Crippen molar-refractivity contribution >= 4 is 17.8 Å². The molecule has 0 fully saturated rings.